The largest absolute Gasteiger partial charge is 0.376 e. The van der Waals surface area contributed by atoms with Crippen LogP contribution in [0.1, 0.15) is 24.2 Å². The van der Waals surface area contributed by atoms with Crippen molar-refractivity contribution < 1.29 is 9.53 Å². The highest BCUT2D eigenvalue weighted by molar-refractivity contribution is 7.99. The van der Waals surface area contributed by atoms with Gasteiger partial charge in [-0.3, -0.25) is 9.36 Å². The molecule has 1 amide bonds. The summed E-state index contributed by atoms with van der Waals surface area (Å²) in [6.45, 7) is 5.35. The van der Waals surface area contributed by atoms with Crippen molar-refractivity contribution in [2.75, 3.05) is 18.9 Å². The molecular formula is C17H22N4O2S. The van der Waals surface area contributed by atoms with Crippen molar-refractivity contribution in [2.45, 2.75) is 37.9 Å². The average Bonchev–Trinajstić information content (AvgIpc) is 3.22. The van der Waals surface area contributed by atoms with Gasteiger partial charge in [-0.05, 0) is 38.8 Å². The molecule has 24 heavy (non-hydrogen) atoms. The zero-order valence-electron chi connectivity index (χ0n) is 14.0. The van der Waals surface area contributed by atoms with E-state index < -0.39 is 0 Å². The van der Waals surface area contributed by atoms with E-state index in [1.54, 1.807) is 0 Å². The number of aryl methyl sites for hydroxylation is 2. The first-order chi connectivity index (χ1) is 11.6. The van der Waals surface area contributed by atoms with Gasteiger partial charge in [-0.25, -0.2) is 0 Å². The highest BCUT2D eigenvalue weighted by Crippen LogP contribution is 2.22. The van der Waals surface area contributed by atoms with Gasteiger partial charge in [-0.1, -0.05) is 29.5 Å². The minimum atomic E-state index is -0.00777. The molecule has 0 unspecified atom stereocenters. The summed E-state index contributed by atoms with van der Waals surface area (Å²) in [5, 5.41) is 12.0. The van der Waals surface area contributed by atoms with E-state index in [0.29, 0.717) is 12.3 Å². The van der Waals surface area contributed by atoms with Gasteiger partial charge < -0.3 is 10.1 Å². The predicted molar refractivity (Wildman–Crippen MR) is 93.5 cm³/mol. The maximum Gasteiger partial charge on any atom is 0.230 e. The van der Waals surface area contributed by atoms with Gasteiger partial charge in [0.15, 0.2) is 5.16 Å². The molecule has 2 heterocycles. The Morgan fingerprint density at radius 1 is 1.33 bits per heavy atom. The number of carbonyl (C=O) groups excluding carboxylic acids is 1. The number of ether oxygens (including phenoxy) is 1. The molecule has 0 radical (unpaired) electrons. The molecule has 0 spiro atoms. The Kier molecular flexibility index (Phi) is 5.52. The molecular weight excluding hydrogens is 324 g/mol. The van der Waals surface area contributed by atoms with E-state index in [4.69, 9.17) is 4.74 Å². The van der Waals surface area contributed by atoms with Crippen molar-refractivity contribution >= 4 is 17.7 Å². The van der Waals surface area contributed by atoms with E-state index in [-0.39, 0.29) is 12.0 Å². The molecule has 0 saturated carbocycles. The van der Waals surface area contributed by atoms with Crippen LogP contribution in [-0.2, 0) is 9.53 Å². The molecule has 3 rings (SSSR count). The number of carbonyl (C=O) groups is 1. The van der Waals surface area contributed by atoms with Crippen molar-refractivity contribution in [1.82, 2.24) is 20.1 Å². The van der Waals surface area contributed by atoms with Crippen LogP contribution in [0.5, 0.6) is 0 Å². The summed E-state index contributed by atoms with van der Waals surface area (Å²) in [5.74, 6) is 1.12. The fraction of sp³-hybridized carbons (Fsp3) is 0.471. The van der Waals surface area contributed by atoms with Gasteiger partial charge in [0.05, 0.1) is 11.9 Å². The third-order valence-corrected chi connectivity index (χ3v) is 4.90. The number of hydrogen-bond donors (Lipinski definition) is 1. The van der Waals surface area contributed by atoms with Crippen LogP contribution in [0.25, 0.3) is 5.69 Å². The highest BCUT2D eigenvalue weighted by Gasteiger charge is 2.17. The van der Waals surface area contributed by atoms with Crippen LogP contribution in [0.3, 0.4) is 0 Å². The molecule has 1 saturated heterocycles. The lowest BCUT2D eigenvalue weighted by Crippen LogP contribution is -2.32. The Hall–Kier alpha value is -1.86. The molecule has 7 heteroatoms. The average molecular weight is 346 g/mol. The standard InChI is InChI=1S/C17H22N4O2S/c1-12-5-7-14(8-6-12)21-13(2)19-20-17(21)24-11-16(22)18-10-15-4-3-9-23-15/h5-8,15H,3-4,9-11H2,1-2H3,(H,18,22)/t15-/m1/s1. The SMILES string of the molecule is Cc1ccc(-n2c(C)nnc2SCC(=O)NC[C@H]2CCCO2)cc1. The van der Waals surface area contributed by atoms with E-state index in [1.165, 1.54) is 17.3 Å². The van der Waals surface area contributed by atoms with Crippen LogP contribution in [0.15, 0.2) is 29.4 Å². The quantitative estimate of drug-likeness (QED) is 0.813. The molecule has 2 aromatic rings. The lowest BCUT2D eigenvalue weighted by atomic mass is 10.2. The summed E-state index contributed by atoms with van der Waals surface area (Å²) < 4.78 is 7.48. The zero-order valence-corrected chi connectivity index (χ0v) is 14.8. The maximum atomic E-state index is 12.0. The first-order valence-corrected chi connectivity index (χ1v) is 9.12. The van der Waals surface area contributed by atoms with E-state index in [0.717, 1.165) is 36.1 Å². The van der Waals surface area contributed by atoms with Gasteiger partial charge in [0, 0.05) is 18.8 Å². The third kappa shape index (κ3) is 4.15. The van der Waals surface area contributed by atoms with Crippen LogP contribution < -0.4 is 5.32 Å². The Morgan fingerprint density at radius 3 is 2.83 bits per heavy atom. The van der Waals surface area contributed by atoms with Gasteiger partial charge >= 0.3 is 0 Å². The van der Waals surface area contributed by atoms with Crippen molar-refractivity contribution in [1.29, 1.82) is 0 Å². The second kappa shape index (κ2) is 7.81. The number of hydrogen-bond acceptors (Lipinski definition) is 5. The lowest BCUT2D eigenvalue weighted by molar-refractivity contribution is -0.119. The molecule has 1 aliphatic rings. The smallest absolute Gasteiger partial charge is 0.230 e. The van der Waals surface area contributed by atoms with Crippen molar-refractivity contribution in [3.8, 4) is 5.69 Å². The number of thioether (sulfide) groups is 1. The van der Waals surface area contributed by atoms with Gasteiger partial charge in [-0.15, -0.1) is 10.2 Å². The Morgan fingerprint density at radius 2 is 2.12 bits per heavy atom. The first kappa shape index (κ1) is 17.0. The second-order valence-electron chi connectivity index (χ2n) is 5.93. The molecule has 0 aliphatic carbocycles. The van der Waals surface area contributed by atoms with Gasteiger partial charge in [-0.2, -0.15) is 0 Å². The Bertz CT molecular complexity index is 693. The molecule has 1 aliphatic heterocycles. The highest BCUT2D eigenvalue weighted by atomic mass is 32.2. The summed E-state index contributed by atoms with van der Waals surface area (Å²) in [6.07, 6.45) is 2.26. The second-order valence-corrected chi connectivity index (χ2v) is 6.87. The van der Waals surface area contributed by atoms with Crippen LogP contribution in [0.4, 0.5) is 0 Å². The van der Waals surface area contributed by atoms with Gasteiger partial charge in [0.2, 0.25) is 5.91 Å². The van der Waals surface area contributed by atoms with Crippen LogP contribution >= 0.6 is 11.8 Å². The van der Waals surface area contributed by atoms with Crippen molar-refractivity contribution in [3.05, 3.63) is 35.7 Å². The van der Waals surface area contributed by atoms with Crippen molar-refractivity contribution in [2.24, 2.45) is 0 Å². The normalized spacial score (nSPS) is 17.2. The topological polar surface area (TPSA) is 69.0 Å². The first-order valence-electron chi connectivity index (χ1n) is 8.13. The summed E-state index contributed by atoms with van der Waals surface area (Å²) in [6, 6.07) is 8.18. The fourth-order valence-electron chi connectivity index (χ4n) is 2.64. The van der Waals surface area contributed by atoms with Crippen LogP contribution in [-0.4, -0.2) is 45.7 Å². The Labute approximate surface area is 146 Å². The lowest BCUT2D eigenvalue weighted by Gasteiger charge is -2.11. The summed E-state index contributed by atoms with van der Waals surface area (Å²) in [4.78, 5) is 12.0. The zero-order chi connectivity index (χ0) is 16.9. The number of nitrogens with one attached hydrogen (secondary N) is 1. The van der Waals surface area contributed by atoms with Crippen LogP contribution in [0.2, 0.25) is 0 Å². The maximum absolute atomic E-state index is 12.0. The minimum Gasteiger partial charge on any atom is -0.376 e. The van der Waals surface area contributed by atoms with E-state index in [9.17, 15) is 4.79 Å². The number of nitrogens with zero attached hydrogens (tertiary/aromatic N) is 3. The number of amides is 1. The van der Waals surface area contributed by atoms with Gasteiger partial charge in [0.1, 0.15) is 5.82 Å². The molecule has 1 aromatic heterocycles. The van der Waals surface area contributed by atoms with Crippen LogP contribution in [0, 0.1) is 13.8 Å². The molecule has 0 bridgehead atoms. The summed E-state index contributed by atoms with van der Waals surface area (Å²) >= 11 is 1.39. The van der Waals surface area contributed by atoms with E-state index in [2.05, 4.69) is 34.6 Å². The van der Waals surface area contributed by atoms with Gasteiger partial charge in [0.25, 0.3) is 0 Å². The molecule has 128 valence electrons. The predicted octanol–water partition coefficient (Wildman–Crippen LogP) is 2.27. The molecule has 6 nitrogen and oxygen atoms in total. The van der Waals surface area contributed by atoms with E-state index in [1.807, 2.05) is 23.6 Å². The third-order valence-electron chi connectivity index (χ3n) is 3.97. The summed E-state index contributed by atoms with van der Waals surface area (Å²) in [7, 11) is 0. The van der Waals surface area contributed by atoms with Crippen molar-refractivity contribution in [3.63, 3.8) is 0 Å². The monoisotopic (exact) mass is 346 g/mol. The molecule has 1 N–H and O–H groups in total. The molecule has 1 atom stereocenters. The molecule has 1 aromatic carbocycles. The van der Waals surface area contributed by atoms with E-state index >= 15 is 0 Å². The fourth-order valence-corrected chi connectivity index (χ4v) is 3.47. The molecule has 1 fully saturated rings. The number of rotatable bonds is 6. The minimum absolute atomic E-state index is 0.00777. The number of aromatic nitrogens is 3. The Balaban J connectivity index is 1.59. The number of benzene rings is 1. The summed E-state index contributed by atoms with van der Waals surface area (Å²) in [5.41, 5.74) is 2.21.